The normalized spacial score (nSPS) is 10.6. The Kier molecular flexibility index (Phi) is 5.73. The lowest BCUT2D eigenvalue weighted by Crippen LogP contribution is -2.03. The van der Waals surface area contributed by atoms with Gasteiger partial charge in [0, 0.05) is 12.7 Å². The molecule has 18 heavy (non-hydrogen) atoms. The van der Waals surface area contributed by atoms with E-state index in [9.17, 15) is 4.79 Å². The van der Waals surface area contributed by atoms with Gasteiger partial charge in [-0.1, -0.05) is 6.07 Å². The predicted octanol–water partition coefficient (Wildman–Crippen LogP) is 2.17. The van der Waals surface area contributed by atoms with Crippen LogP contribution in [-0.2, 0) is 9.53 Å². The van der Waals surface area contributed by atoms with E-state index in [0.717, 1.165) is 6.08 Å². The van der Waals surface area contributed by atoms with Crippen molar-refractivity contribution in [2.24, 2.45) is 0 Å². The molecule has 0 radical (unpaired) electrons. The zero-order valence-electron chi connectivity index (χ0n) is 10.4. The van der Waals surface area contributed by atoms with Crippen molar-refractivity contribution < 1.29 is 24.1 Å². The lowest BCUT2D eigenvalue weighted by atomic mass is 10.2. The number of hydrogen-bond acceptors (Lipinski definition) is 4. The van der Waals surface area contributed by atoms with E-state index in [1.165, 1.54) is 13.2 Å². The Morgan fingerprint density at radius 2 is 2.17 bits per heavy atom. The van der Waals surface area contributed by atoms with Gasteiger partial charge in [0.15, 0.2) is 18.3 Å². The average Bonchev–Trinajstić information content (AvgIpc) is 2.37. The third-order valence-electron chi connectivity index (χ3n) is 2.11. The van der Waals surface area contributed by atoms with Gasteiger partial charge in [-0.25, -0.2) is 4.79 Å². The van der Waals surface area contributed by atoms with Crippen LogP contribution in [0, 0.1) is 0 Å². The van der Waals surface area contributed by atoms with Crippen LogP contribution in [-0.4, -0.2) is 31.6 Å². The molecule has 0 aliphatic rings. The molecule has 0 spiro atoms. The molecule has 1 aromatic carbocycles. The van der Waals surface area contributed by atoms with E-state index in [0.29, 0.717) is 23.7 Å². The number of carboxylic acid groups (broad SMARTS) is 1. The van der Waals surface area contributed by atoms with Gasteiger partial charge in [-0.2, -0.15) is 0 Å². The van der Waals surface area contributed by atoms with Gasteiger partial charge in [0.2, 0.25) is 0 Å². The summed E-state index contributed by atoms with van der Waals surface area (Å²) in [6.45, 7) is 2.55. The molecule has 0 aliphatic carbocycles. The second kappa shape index (κ2) is 7.34. The zero-order valence-corrected chi connectivity index (χ0v) is 10.4. The van der Waals surface area contributed by atoms with Crippen LogP contribution in [0.25, 0.3) is 6.08 Å². The van der Waals surface area contributed by atoms with Crippen molar-refractivity contribution in [1.82, 2.24) is 0 Å². The average molecular weight is 252 g/mol. The molecule has 0 bridgehead atoms. The van der Waals surface area contributed by atoms with Crippen molar-refractivity contribution >= 4 is 12.0 Å². The number of methoxy groups -OCH3 is 1. The summed E-state index contributed by atoms with van der Waals surface area (Å²) >= 11 is 0. The molecule has 0 fully saturated rings. The summed E-state index contributed by atoms with van der Waals surface area (Å²) in [6, 6.07) is 5.14. The number of rotatable bonds is 7. The van der Waals surface area contributed by atoms with E-state index in [4.69, 9.17) is 19.3 Å². The van der Waals surface area contributed by atoms with Gasteiger partial charge in [0.1, 0.15) is 0 Å². The van der Waals surface area contributed by atoms with Crippen LogP contribution in [0.4, 0.5) is 0 Å². The van der Waals surface area contributed by atoms with Gasteiger partial charge < -0.3 is 19.3 Å². The summed E-state index contributed by atoms with van der Waals surface area (Å²) in [5.41, 5.74) is 0.713. The molecule has 0 saturated carbocycles. The van der Waals surface area contributed by atoms with Crippen LogP contribution in [0.15, 0.2) is 24.3 Å². The molecular weight excluding hydrogens is 236 g/mol. The Balaban J connectivity index is 2.83. The van der Waals surface area contributed by atoms with Gasteiger partial charge >= 0.3 is 5.97 Å². The molecule has 1 N–H and O–H groups in total. The maximum Gasteiger partial charge on any atom is 0.328 e. The SMILES string of the molecule is CCOCOc1cc(C=CC(=O)O)ccc1OC. The molecule has 0 aromatic heterocycles. The molecule has 1 rings (SSSR count). The number of aliphatic carboxylic acids is 1. The maximum absolute atomic E-state index is 10.4. The van der Waals surface area contributed by atoms with Crippen molar-refractivity contribution in [3.63, 3.8) is 0 Å². The molecule has 5 nitrogen and oxygen atoms in total. The van der Waals surface area contributed by atoms with E-state index in [1.54, 1.807) is 18.2 Å². The number of hydrogen-bond donors (Lipinski definition) is 1. The topological polar surface area (TPSA) is 65.0 Å². The summed E-state index contributed by atoms with van der Waals surface area (Å²) in [5.74, 6) is 0.0864. The van der Waals surface area contributed by atoms with Crippen molar-refractivity contribution in [3.8, 4) is 11.5 Å². The molecule has 5 heteroatoms. The second-order valence-electron chi connectivity index (χ2n) is 3.34. The van der Waals surface area contributed by atoms with Crippen molar-refractivity contribution in [1.29, 1.82) is 0 Å². The molecule has 0 aliphatic heterocycles. The van der Waals surface area contributed by atoms with Gasteiger partial charge in [-0.15, -0.1) is 0 Å². The van der Waals surface area contributed by atoms with Crippen molar-refractivity contribution in [2.75, 3.05) is 20.5 Å². The Morgan fingerprint density at radius 1 is 1.39 bits per heavy atom. The van der Waals surface area contributed by atoms with E-state index in [2.05, 4.69) is 0 Å². The highest BCUT2D eigenvalue weighted by Crippen LogP contribution is 2.28. The summed E-state index contributed by atoms with van der Waals surface area (Å²) in [7, 11) is 1.54. The minimum atomic E-state index is -0.998. The number of ether oxygens (including phenoxy) is 3. The van der Waals surface area contributed by atoms with Crippen LogP contribution < -0.4 is 9.47 Å². The van der Waals surface area contributed by atoms with Crippen LogP contribution in [0.2, 0.25) is 0 Å². The highest BCUT2D eigenvalue weighted by molar-refractivity contribution is 5.85. The van der Waals surface area contributed by atoms with Gasteiger partial charge in [0.25, 0.3) is 0 Å². The quantitative estimate of drug-likeness (QED) is 0.457. The Hall–Kier alpha value is -2.01. The fourth-order valence-electron chi connectivity index (χ4n) is 1.27. The Bertz CT molecular complexity index is 425. The third-order valence-corrected chi connectivity index (χ3v) is 2.11. The van der Waals surface area contributed by atoms with Crippen LogP contribution in [0.1, 0.15) is 12.5 Å². The maximum atomic E-state index is 10.4. The zero-order chi connectivity index (χ0) is 13.4. The largest absolute Gasteiger partial charge is 0.493 e. The summed E-state index contributed by atoms with van der Waals surface area (Å²) in [4.78, 5) is 10.4. The molecule has 1 aromatic rings. The van der Waals surface area contributed by atoms with E-state index < -0.39 is 5.97 Å². The molecule has 0 heterocycles. The van der Waals surface area contributed by atoms with E-state index >= 15 is 0 Å². The number of benzene rings is 1. The van der Waals surface area contributed by atoms with Crippen molar-refractivity contribution in [3.05, 3.63) is 29.8 Å². The first-order valence-corrected chi connectivity index (χ1v) is 5.47. The van der Waals surface area contributed by atoms with E-state index in [-0.39, 0.29) is 6.79 Å². The molecule has 0 amide bonds. The Morgan fingerprint density at radius 3 is 2.78 bits per heavy atom. The smallest absolute Gasteiger partial charge is 0.328 e. The van der Waals surface area contributed by atoms with Gasteiger partial charge in [0.05, 0.1) is 7.11 Å². The van der Waals surface area contributed by atoms with Crippen LogP contribution in [0.5, 0.6) is 11.5 Å². The predicted molar refractivity (Wildman–Crippen MR) is 66.8 cm³/mol. The highest BCUT2D eigenvalue weighted by atomic mass is 16.7. The van der Waals surface area contributed by atoms with Crippen LogP contribution in [0.3, 0.4) is 0 Å². The Labute approximate surface area is 106 Å². The first-order chi connectivity index (χ1) is 8.67. The van der Waals surface area contributed by atoms with Crippen LogP contribution >= 0.6 is 0 Å². The second-order valence-corrected chi connectivity index (χ2v) is 3.34. The highest BCUT2D eigenvalue weighted by Gasteiger charge is 2.04. The standard InChI is InChI=1S/C13H16O5/c1-3-17-9-18-12-8-10(5-7-13(14)15)4-6-11(12)16-2/h4-8H,3,9H2,1-2H3,(H,14,15). The fourth-order valence-corrected chi connectivity index (χ4v) is 1.27. The summed E-state index contributed by atoms with van der Waals surface area (Å²) in [5, 5.41) is 8.56. The van der Waals surface area contributed by atoms with Crippen molar-refractivity contribution in [2.45, 2.75) is 6.92 Å². The molecule has 98 valence electrons. The first kappa shape index (κ1) is 14.1. The third kappa shape index (κ3) is 4.47. The first-order valence-electron chi connectivity index (χ1n) is 5.47. The minimum absolute atomic E-state index is 0.124. The minimum Gasteiger partial charge on any atom is -0.493 e. The molecule has 0 saturated heterocycles. The molecular formula is C13H16O5. The summed E-state index contributed by atoms with van der Waals surface area (Å²) < 4.78 is 15.6. The van der Waals surface area contributed by atoms with Gasteiger partial charge in [-0.05, 0) is 30.7 Å². The van der Waals surface area contributed by atoms with E-state index in [1.807, 2.05) is 6.92 Å². The number of carboxylic acids is 1. The molecule has 0 atom stereocenters. The van der Waals surface area contributed by atoms with Gasteiger partial charge in [-0.3, -0.25) is 0 Å². The summed E-state index contributed by atoms with van der Waals surface area (Å²) in [6.07, 6.45) is 2.55. The lowest BCUT2D eigenvalue weighted by Gasteiger charge is -2.11. The molecule has 0 unspecified atom stereocenters. The fraction of sp³-hybridized carbons (Fsp3) is 0.308. The lowest BCUT2D eigenvalue weighted by molar-refractivity contribution is -0.131. The number of carbonyl (C=O) groups is 1. The monoisotopic (exact) mass is 252 g/mol.